The third-order valence-corrected chi connectivity index (χ3v) is 5.01. The third kappa shape index (κ3) is 3.81. The number of rotatable bonds is 3. The van der Waals surface area contributed by atoms with Crippen molar-refractivity contribution in [2.45, 2.75) is 37.9 Å². The van der Waals surface area contributed by atoms with Crippen LogP contribution in [0.25, 0.3) is 0 Å². The Kier molecular flexibility index (Phi) is 4.65. The van der Waals surface area contributed by atoms with Crippen LogP contribution >= 0.6 is 0 Å². The van der Waals surface area contributed by atoms with Gasteiger partial charge in [-0.1, -0.05) is 0 Å². The second-order valence-electron chi connectivity index (χ2n) is 5.33. The molecule has 2 atom stereocenters. The Bertz CT molecular complexity index is 611. The monoisotopic (exact) mass is 311 g/mol. The lowest BCUT2D eigenvalue weighted by Crippen LogP contribution is -2.48. The van der Waals surface area contributed by atoms with Crippen molar-refractivity contribution < 1.29 is 13.2 Å². The molecule has 7 heteroatoms. The molecule has 0 aromatic heterocycles. The van der Waals surface area contributed by atoms with Gasteiger partial charge in [0, 0.05) is 13.1 Å². The van der Waals surface area contributed by atoms with Gasteiger partial charge in [-0.3, -0.25) is 0 Å². The van der Waals surface area contributed by atoms with Gasteiger partial charge in [0.15, 0.2) is 0 Å². The van der Waals surface area contributed by atoms with Crippen LogP contribution in [0.5, 0.6) is 0 Å². The third-order valence-electron chi connectivity index (χ3n) is 3.17. The van der Waals surface area contributed by atoms with Crippen LogP contribution < -0.4 is 5.73 Å². The second-order valence-corrected chi connectivity index (χ2v) is 7.26. The first kappa shape index (κ1) is 15.9. The number of aliphatic imine (C=N–C) groups is 1. The number of sulfonamides is 1. The fourth-order valence-corrected chi connectivity index (χ4v) is 3.96. The first-order valence-corrected chi connectivity index (χ1v) is 8.29. The summed E-state index contributed by atoms with van der Waals surface area (Å²) in [6, 6.07) is 6.41. The van der Waals surface area contributed by atoms with Gasteiger partial charge in [0.1, 0.15) is 0 Å². The Morgan fingerprint density at radius 1 is 1.24 bits per heavy atom. The molecule has 6 nitrogen and oxygen atoms in total. The van der Waals surface area contributed by atoms with Gasteiger partial charge in [-0.15, -0.1) is 0 Å². The summed E-state index contributed by atoms with van der Waals surface area (Å²) in [6.07, 6.45) is -0.209. The van der Waals surface area contributed by atoms with Crippen molar-refractivity contribution in [1.82, 2.24) is 4.31 Å². The molecule has 1 aromatic carbocycles. The molecule has 0 saturated carbocycles. The Morgan fingerprint density at radius 2 is 1.76 bits per heavy atom. The summed E-state index contributed by atoms with van der Waals surface area (Å²) in [5.41, 5.74) is 6.14. The molecule has 0 aliphatic carbocycles. The number of benzene rings is 1. The molecule has 2 rings (SSSR count). The maximum Gasteiger partial charge on any atom is 0.243 e. The average Bonchev–Trinajstić information content (AvgIpc) is 2.37. The summed E-state index contributed by atoms with van der Waals surface area (Å²) in [5, 5.41) is 0. The molecule has 116 valence electrons. The van der Waals surface area contributed by atoms with Crippen molar-refractivity contribution in [2.24, 2.45) is 10.7 Å². The minimum atomic E-state index is -3.50. The van der Waals surface area contributed by atoms with Crippen molar-refractivity contribution in [3.8, 4) is 0 Å². The molecule has 1 aromatic rings. The van der Waals surface area contributed by atoms with Gasteiger partial charge >= 0.3 is 0 Å². The van der Waals surface area contributed by atoms with Crippen molar-refractivity contribution in [1.29, 1.82) is 0 Å². The zero-order valence-corrected chi connectivity index (χ0v) is 13.3. The predicted octanol–water partition coefficient (Wildman–Crippen LogP) is 1.49. The van der Waals surface area contributed by atoms with Gasteiger partial charge in [-0.25, -0.2) is 13.4 Å². The number of hydrogen-bond donors (Lipinski definition) is 1. The van der Waals surface area contributed by atoms with E-state index < -0.39 is 10.0 Å². The molecule has 0 radical (unpaired) electrons. The average molecular weight is 311 g/mol. The van der Waals surface area contributed by atoms with E-state index in [9.17, 15) is 8.42 Å². The van der Waals surface area contributed by atoms with E-state index in [0.717, 1.165) is 0 Å². The molecular weight excluding hydrogens is 290 g/mol. The van der Waals surface area contributed by atoms with Crippen molar-refractivity contribution in [3.63, 3.8) is 0 Å². The Morgan fingerprint density at radius 3 is 2.24 bits per heavy atom. The van der Waals surface area contributed by atoms with E-state index in [1.54, 1.807) is 31.2 Å². The predicted molar refractivity (Wildman–Crippen MR) is 82.2 cm³/mol. The highest BCUT2D eigenvalue weighted by Gasteiger charge is 2.32. The van der Waals surface area contributed by atoms with E-state index in [0.29, 0.717) is 24.6 Å². The normalized spacial score (nSPS) is 25.0. The second kappa shape index (κ2) is 6.13. The minimum absolute atomic E-state index is 0.104. The van der Waals surface area contributed by atoms with E-state index in [1.807, 2.05) is 13.8 Å². The Labute approximate surface area is 125 Å². The molecule has 21 heavy (non-hydrogen) atoms. The maximum absolute atomic E-state index is 12.6. The van der Waals surface area contributed by atoms with Crippen molar-refractivity contribution in [3.05, 3.63) is 24.3 Å². The number of hydrogen-bond acceptors (Lipinski definition) is 4. The van der Waals surface area contributed by atoms with E-state index in [1.165, 1.54) is 4.31 Å². The van der Waals surface area contributed by atoms with Gasteiger partial charge in [-0.05, 0) is 45.0 Å². The van der Waals surface area contributed by atoms with Crippen molar-refractivity contribution >= 4 is 21.5 Å². The topological polar surface area (TPSA) is 85.0 Å². The van der Waals surface area contributed by atoms with Crippen molar-refractivity contribution in [2.75, 3.05) is 13.1 Å². The molecule has 0 bridgehead atoms. The molecule has 2 N–H and O–H groups in total. The van der Waals surface area contributed by atoms with Crippen LogP contribution in [-0.2, 0) is 14.8 Å². The molecule has 1 fully saturated rings. The molecule has 1 saturated heterocycles. The summed E-state index contributed by atoms with van der Waals surface area (Å²) >= 11 is 0. The zero-order valence-electron chi connectivity index (χ0n) is 12.5. The molecular formula is C14H21N3O3S. The highest BCUT2D eigenvalue weighted by molar-refractivity contribution is 7.89. The molecule has 1 aliphatic rings. The molecule has 0 unspecified atom stereocenters. The number of ether oxygens (including phenoxy) is 1. The van der Waals surface area contributed by atoms with Crippen LogP contribution in [0.15, 0.2) is 34.2 Å². The minimum Gasteiger partial charge on any atom is -0.387 e. The number of morpholine rings is 1. The van der Waals surface area contributed by atoms with E-state index in [2.05, 4.69) is 4.99 Å². The highest BCUT2D eigenvalue weighted by Crippen LogP contribution is 2.23. The zero-order chi connectivity index (χ0) is 15.6. The molecule has 1 aliphatic heterocycles. The molecule has 0 spiro atoms. The first-order valence-electron chi connectivity index (χ1n) is 6.85. The standard InChI is InChI=1S/C14H21N3O3S/c1-10-8-17(9-11(2)20-10)21(18,19)14-6-4-13(5-7-14)16-12(3)15/h4-7,10-11H,8-9H2,1-3H3,(H2,15,16)/t10-,11+. The highest BCUT2D eigenvalue weighted by atomic mass is 32.2. The number of amidine groups is 1. The quantitative estimate of drug-likeness (QED) is 0.677. The van der Waals surface area contributed by atoms with Gasteiger partial charge in [0.05, 0.1) is 28.6 Å². The van der Waals surface area contributed by atoms with Gasteiger partial charge in [-0.2, -0.15) is 4.31 Å². The SMILES string of the molecule is CC(N)=Nc1ccc(S(=O)(=O)N2C[C@@H](C)O[C@@H](C)C2)cc1. The number of nitrogens with zero attached hydrogens (tertiary/aromatic N) is 2. The van der Waals surface area contributed by atoms with Crippen LogP contribution in [0.2, 0.25) is 0 Å². The lowest BCUT2D eigenvalue weighted by molar-refractivity contribution is -0.0440. The first-order chi connectivity index (χ1) is 9.79. The number of nitrogens with two attached hydrogens (primary N) is 1. The summed E-state index contributed by atoms with van der Waals surface area (Å²) in [5.74, 6) is 0.432. The summed E-state index contributed by atoms with van der Waals surface area (Å²) < 4.78 is 32.3. The van der Waals surface area contributed by atoms with Crippen LogP contribution in [0, 0.1) is 0 Å². The summed E-state index contributed by atoms with van der Waals surface area (Å²) in [4.78, 5) is 4.35. The smallest absolute Gasteiger partial charge is 0.243 e. The van der Waals surface area contributed by atoms with E-state index in [4.69, 9.17) is 10.5 Å². The lowest BCUT2D eigenvalue weighted by Gasteiger charge is -2.34. The van der Waals surface area contributed by atoms with Gasteiger partial charge in [0.2, 0.25) is 10.0 Å². The molecule has 0 amide bonds. The largest absolute Gasteiger partial charge is 0.387 e. The van der Waals surface area contributed by atoms with Crippen LogP contribution in [0.1, 0.15) is 20.8 Å². The van der Waals surface area contributed by atoms with Gasteiger partial charge < -0.3 is 10.5 Å². The summed E-state index contributed by atoms with van der Waals surface area (Å²) in [6.45, 7) is 6.17. The van der Waals surface area contributed by atoms with Gasteiger partial charge in [0.25, 0.3) is 0 Å². The van der Waals surface area contributed by atoms with Crippen LogP contribution in [0.4, 0.5) is 5.69 Å². The van der Waals surface area contributed by atoms with Crippen LogP contribution in [-0.4, -0.2) is 43.9 Å². The fraction of sp³-hybridized carbons (Fsp3) is 0.500. The Balaban J connectivity index is 2.25. The maximum atomic E-state index is 12.6. The Hall–Kier alpha value is -1.44. The van der Waals surface area contributed by atoms with E-state index in [-0.39, 0.29) is 17.1 Å². The molecule has 1 heterocycles. The summed E-state index contributed by atoms with van der Waals surface area (Å²) in [7, 11) is -3.50. The van der Waals surface area contributed by atoms with Crippen LogP contribution in [0.3, 0.4) is 0 Å². The van der Waals surface area contributed by atoms with E-state index >= 15 is 0 Å². The lowest BCUT2D eigenvalue weighted by atomic mass is 10.3. The fourth-order valence-electron chi connectivity index (χ4n) is 2.37.